The summed E-state index contributed by atoms with van der Waals surface area (Å²) in [4.78, 5) is 0. The highest BCUT2D eigenvalue weighted by atomic mass is 16.8. The van der Waals surface area contributed by atoms with Gasteiger partial charge in [0.05, 0.1) is 19.8 Å². The van der Waals surface area contributed by atoms with Gasteiger partial charge in [-0.1, -0.05) is 13.5 Å². The van der Waals surface area contributed by atoms with Crippen LogP contribution in [0.4, 0.5) is 0 Å². The molecule has 0 spiro atoms. The molecule has 0 saturated heterocycles. The summed E-state index contributed by atoms with van der Waals surface area (Å²) in [6.45, 7) is 4.20. The van der Waals surface area contributed by atoms with Gasteiger partial charge in [-0.15, -0.1) is 0 Å². The third kappa shape index (κ3) is 3.73. The Morgan fingerprint density at radius 1 is 1.29 bits per heavy atom. The predicted molar refractivity (Wildman–Crippen MR) is 50.2 cm³/mol. The van der Waals surface area contributed by atoms with Gasteiger partial charge in [0.15, 0.2) is 0 Å². The highest BCUT2D eigenvalue weighted by molar-refractivity contribution is 4.81. The third-order valence-electron chi connectivity index (χ3n) is 2.28. The second kappa shape index (κ2) is 5.43. The molecule has 0 aromatic carbocycles. The zero-order valence-corrected chi connectivity index (χ0v) is 8.31. The van der Waals surface area contributed by atoms with Crippen LogP contribution in [0.2, 0.25) is 0 Å². The summed E-state index contributed by atoms with van der Waals surface area (Å²) < 4.78 is 4.69. The van der Waals surface area contributed by atoms with Crippen LogP contribution >= 0.6 is 0 Å². The van der Waals surface area contributed by atoms with Crippen LogP contribution < -0.4 is 0 Å². The van der Waals surface area contributed by atoms with Gasteiger partial charge in [-0.05, 0) is 12.5 Å². The van der Waals surface area contributed by atoms with E-state index in [1.54, 1.807) is 6.92 Å². The van der Waals surface area contributed by atoms with Crippen LogP contribution in [0.15, 0.2) is 12.7 Å². The second-order valence-corrected chi connectivity index (χ2v) is 3.32. The average Bonchev–Trinajstić information content (AvgIpc) is 2.21. The minimum atomic E-state index is -2.41. The number of hydrogen-bond donors (Lipinski definition) is 4. The van der Waals surface area contributed by atoms with Crippen LogP contribution in [0.1, 0.15) is 13.3 Å². The molecule has 4 N–H and O–H groups in total. The molecular weight excluding hydrogens is 188 g/mol. The molecule has 0 aromatic rings. The maximum Gasteiger partial charge on any atom is 0.299 e. The SMILES string of the molecule is C=CC(O)(O)OCC(CC)(CO)CO. The van der Waals surface area contributed by atoms with Crippen LogP contribution in [-0.4, -0.2) is 46.2 Å². The molecule has 0 aromatic heterocycles. The molecule has 0 rings (SSSR count). The first kappa shape index (κ1) is 13.5. The summed E-state index contributed by atoms with van der Waals surface area (Å²) in [7, 11) is 0. The maximum absolute atomic E-state index is 9.03. The number of aliphatic hydroxyl groups is 4. The zero-order valence-electron chi connectivity index (χ0n) is 8.31. The lowest BCUT2D eigenvalue weighted by molar-refractivity contribution is -0.314. The van der Waals surface area contributed by atoms with Gasteiger partial charge in [-0.25, -0.2) is 0 Å². The highest BCUT2D eigenvalue weighted by Gasteiger charge is 2.31. The van der Waals surface area contributed by atoms with Crippen molar-refractivity contribution in [3.05, 3.63) is 12.7 Å². The van der Waals surface area contributed by atoms with E-state index in [0.29, 0.717) is 6.42 Å². The normalized spacial score (nSPS) is 12.9. The minimum absolute atomic E-state index is 0.157. The van der Waals surface area contributed by atoms with Crippen LogP contribution in [-0.2, 0) is 4.74 Å². The molecule has 0 fully saturated rings. The molecule has 0 aliphatic heterocycles. The fourth-order valence-electron chi connectivity index (χ4n) is 0.785. The minimum Gasteiger partial charge on any atom is -0.396 e. The molecule has 0 unspecified atom stereocenters. The first-order valence-corrected chi connectivity index (χ1v) is 4.39. The van der Waals surface area contributed by atoms with E-state index in [1.807, 2.05) is 0 Å². The van der Waals surface area contributed by atoms with Crippen molar-refractivity contribution < 1.29 is 25.2 Å². The fraction of sp³-hybridized carbons (Fsp3) is 0.778. The Bertz CT molecular complexity index is 166. The van der Waals surface area contributed by atoms with Crippen molar-refractivity contribution in [1.82, 2.24) is 0 Å². The Kier molecular flexibility index (Phi) is 5.25. The summed E-state index contributed by atoms with van der Waals surface area (Å²) in [5, 5.41) is 36.1. The summed E-state index contributed by atoms with van der Waals surface area (Å²) in [5.41, 5.74) is -0.848. The zero-order chi connectivity index (χ0) is 11.2. The highest BCUT2D eigenvalue weighted by Crippen LogP contribution is 2.22. The van der Waals surface area contributed by atoms with Gasteiger partial charge in [0.25, 0.3) is 5.97 Å². The molecule has 0 aliphatic rings. The molecule has 5 heteroatoms. The standard InChI is InChI=1S/C9H18O5/c1-3-8(5-10,6-11)7-14-9(12,13)4-2/h4,10-13H,2-3,5-7H2,1H3. The van der Waals surface area contributed by atoms with E-state index in [1.165, 1.54) is 0 Å². The summed E-state index contributed by atoms with van der Waals surface area (Å²) in [5.74, 6) is -2.41. The van der Waals surface area contributed by atoms with Crippen molar-refractivity contribution in [2.45, 2.75) is 19.3 Å². The smallest absolute Gasteiger partial charge is 0.299 e. The van der Waals surface area contributed by atoms with Gasteiger partial charge in [0.2, 0.25) is 0 Å². The van der Waals surface area contributed by atoms with Crippen molar-refractivity contribution in [2.75, 3.05) is 19.8 Å². The molecule has 0 bridgehead atoms. The largest absolute Gasteiger partial charge is 0.396 e. The first-order chi connectivity index (χ1) is 6.45. The lowest BCUT2D eigenvalue weighted by Gasteiger charge is -2.30. The van der Waals surface area contributed by atoms with E-state index in [4.69, 9.17) is 20.4 Å². The van der Waals surface area contributed by atoms with Gasteiger partial charge >= 0.3 is 0 Å². The molecule has 84 valence electrons. The number of aliphatic hydroxyl groups excluding tert-OH is 2. The molecule has 0 saturated carbocycles. The van der Waals surface area contributed by atoms with Gasteiger partial charge in [-0.3, -0.25) is 0 Å². The summed E-state index contributed by atoms with van der Waals surface area (Å²) in [6, 6.07) is 0. The van der Waals surface area contributed by atoms with Crippen molar-refractivity contribution >= 4 is 0 Å². The van der Waals surface area contributed by atoms with E-state index >= 15 is 0 Å². The third-order valence-corrected chi connectivity index (χ3v) is 2.28. The van der Waals surface area contributed by atoms with E-state index < -0.39 is 11.4 Å². The lowest BCUT2D eigenvalue weighted by atomic mass is 9.88. The van der Waals surface area contributed by atoms with E-state index in [-0.39, 0.29) is 19.8 Å². The van der Waals surface area contributed by atoms with E-state index in [2.05, 4.69) is 11.3 Å². The Labute approximate surface area is 83.3 Å². The number of rotatable bonds is 7. The second-order valence-electron chi connectivity index (χ2n) is 3.32. The van der Waals surface area contributed by atoms with E-state index in [0.717, 1.165) is 6.08 Å². The van der Waals surface area contributed by atoms with Crippen molar-refractivity contribution in [1.29, 1.82) is 0 Å². The molecule has 14 heavy (non-hydrogen) atoms. The molecule has 5 nitrogen and oxygen atoms in total. The van der Waals surface area contributed by atoms with Crippen LogP contribution in [0.3, 0.4) is 0 Å². The topological polar surface area (TPSA) is 90.2 Å². The van der Waals surface area contributed by atoms with Crippen LogP contribution in [0.25, 0.3) is 0 Å². The van der Waals surface area contributed by atoms with Gasteiger partial charge in [-0.2, -0.15) is 0 Å². The van der Waals surface area contributed by atoms with E-state index in [9.17, 15) is 0 Å². The lowest BCUT2D eigenvalue weighted by Crippen LogP contribution is -2.40. The number of ether oxygens (including phenoxy) is 1. The predicted octanol–water partition coefficient (Wildman–Crippen LogP) is -0.792. The Hall–Kier alpha value is -0.460. The van der Waals surface area contributed by atoms with Crippen LogP contribution in [0, 0.1) is 5.41 Å². The van der Waals surface area contributed by atoms with Crippen molar-refractivity contribution in [3.8, 4) is 0 Å². The molecular formula is C9H18O5. The number of hydrogen-bond acceptors (Lipinski definition) is 5. The van der Waals surface area contributed by atoms with Gasteiger partial charge < -0.3 is 25.2 Å². The molecule has 0 aliphatic carbocycles. The van der Waals surface area contributed by atoms with Gasteiger partial charge in [0, 0.05) is 5.41 Å². The summed E-state index contributed by atoms with van der Waals surface area (Å²) in [6.07, 6.45) is 1.29. The molecule has 0 heterocycles. The van der Waals surface area contributed by atoms with Crippen molar-refractivity contribution in [2.24, 2.45) is 5.41 Å². The van der Waals surface area contributed by atoms with Crippen LogP contribution in [0.5, 0.6) is 0 Å². The molecule has 0 radical (unpaired) electrons. The Balaban J connectivity index is 4.26. The van der Waals surface area contributed by atoms with Gasteiger partial charge in [0.1, 0.15) is 0 Å². The Morgan fingerprint density at radius 2 is 1.79 bits per heavy atom. The summed E-state index contributed by atoms with van der Waals surface area (Å²) >= 11 is 0. The fourth-order valence-corrected chi connectivity index (χ4v) is 0.785. The molecule has 0 amide bonds. The quantitative estimate of drug-likeness (QED) is 0.324. The average molecular weight is 206 g/mol. The van der Waals surface area contributed by atoms with Crippen molar-refractivity contribution in [3.63, 3.8) is 0 Å². The molecule has 0 atom stereocenters. The first-order valence-electron chi connectivity index (χ1n) is 4.39. The maximum atomic E-state index is 9.03. The Morgan fingerprint density at radius 3 is 2.07 bits per heavy atom. The monoisotopic (exact) mass is 206 g/mol.